The molecule has 1 aliphatic heterocycles. The van der Waals surface area contributed by atoms with Crippen LogP contribution in [0.15, 0.2) is 30.3 Å². The molecule has 2 rings (SSSR count). The molecule has 5 heteroatoms. The molecule has 0 aromatic heterocycles. The van der Waals surface area contributed by atoms with Crippen molar-refractivity contribution in [1.82, 2.24) is 4.90 Å². The van der Waals surface area contributed by atoms with Gasteiger partial charge in [-0.15, -0.1) is 0 Å². The maximum absolute atomic E-state index is 12.3. The molecule has 23 heavy (non-hydrogen) atoms. The predicted molar refractivity (Wildman–Crippen MR) is 86.4 cm³/mol. The second kappa shape index (κ2) is 8.11. The SMILES string of the molecule is CC(C)C[C@@H](O)C(=O)N1CCC[C@H]1C(=O)OCc1ccccc1. The molecule has 1 aromatic rings. The van der Waals surface area contributed by atoms with E-state index in [4.69, 9.17) is 4.74 Å². The number of esters is 1. The highest BCUT2D eigenvalue weighted by Gasteiger charge is 2.37. The molecular formula is C18H25NO4. The lowest BCUT2D eigenvalue weighted by molar-refractivity contribution is -0.157. The first kappa shape index (κ1) is 17.5. The number of rotatable bonds is 6. The predicted octanol–water partition coefficient (Wildman–Crippen LogP) is 2.13. The number of ether oxygens (including phenoxy) is 1. The smallest absolute Gasteiger partial charge is 0.329 e. The summed E-state index contributed by atoms with van der Waals surface area (Å²) in [4.78, 5) is 26.1. The van der Waals surface area contributed by atoms with Crippen LogP contribution >= 0.6 is 0 Å². The Kier molecular flexibility index (Phi) is 6.16. The summed E-state index contributed by atoms with van der Waals surface area (Å²) in [5, 5.41) is 10.0. The minimum atomic E-state index is -1.04. The Bertz CT molecular complexity index is 529. The van der Waals surface area contributed by atoms with E-state index in [1.807, 2.05) is 44.2 Å². The van der Waals surface area contributed by atoms with E-state index in [-0.39, 0.29) is 18.4 Å². The van der Waals surface area contributed by atoms with Gasteiger partial charge in [0.15, 0.2) is 0 Å². The van der Waals surface area contributed by atoms with E-state index < -0.39 is 18.1 Å². The fourth-order valence-electron chi connectivity index (χ4n) is 2.84. The summed E-state index contributed by atoms with van der Waals surface area (Å²) in [6.07, 6.45) is 0.706. The van der Waals surface area contributed by atoms with Crippen LogP contribution in [0.5, 0.6) is 0 Å². The first-order chi connectivity index (χ1) is 11.0. The van der Waals surface area contributed by atoms with Gasteiger partial charge in [-0.1, -0.05) is 44.2 Å². The second-order valence-corrected chi connectivity index (χ2v) is 6.43. The minimum absolute atomic E-state index is 0.201. The Balaban J connectivity index is 1.92. The highest BCUT2D eigenvalue weighted by molar-refractivity contribution is 5.87. The average molecular weight is 319 g/mol. The van der Waals surface area contributed by atoms with Gasteiger partial charge in [0.2, 0.25) is 0 Å². The Morgan fingerprint density at radius 3 is 2.65 bits per heavy atom. The monoisotopic (exact) mass is 319 g/mol. The van der Waals surface area contributed by atoms with Gasteiger partial charge in [0.05, 0.1) is 0 Å². The number of hydrogen-bond donors (Lipinski definition) is 1. The average Bonchev–Trinajstić information content (AvgIpc) is 3.01. The molecule has 0 radical (unpaired) electrons. The zero-order valence-electron chi connectivity index (χ0n) is 13.8. The molecular weight excluding hydrogens is 294 g/mol. The van der Waals surface area contributed by atoms with E-state index in [1.165, 1.54) is 4.90 Å². The molecule has 1 amide bonds. The molecule has 1 aromatic carbocycles. The number of likely N-dealkylation sites (tertiary alicyclic amines) is 1. The molecule has 0 spiro atoms. The quantitative estimate of drug-likeness (QED) is 0.816. The first-order valence-corrected chi connectivity index (χ1v) is 8.18. The standard InChI is InChI=1S/C18H25NO4/c1-13(2)11-16(20)17(21)19-10-6-9-15(19)18(22)23-12-14-7-4-3-5-8-14/h3-5,7-8,13,15-16,20H,6,9-12H2,1-2H3/t15-,16+/m0/s1. The number of hydrogen-bond acceptors (Lipinski definition) is 4. The van der Waals surface area contributed by atoms with Crippen LogP contribution in [0.1, 0.15) is 38.7 Å². The summed E-state index contributed by atoms with van der Waals surface area (Å²) in [6, 6.07) is 8.87. The number of benzene rings is 1. The van der Waals surface area contributed by atoms with E-state index in [0.29, 0.717) is 19.4 Å². The van der Waals surface area contributed by atoms with Crippen LogP contribution in [0, 0.1) is 5.92 Å². The molecule has 1 aliphatic rings. The van der Waals surface area contributed by atoms with Crippen LogP contribution in [0.25, 0.3) is 0 Å². The number of carbonyl (C=O) groups excluding carboxylic acids is 2. The molecule has 0 unspecified atom stereocenters. The highest BCUT2D eigenvalue weighted by atomic mass is 16.5. The lowest BCUT2D eigenvalue weighted by Crippen LogP contribution is -2.46. The van der Waals surface area contributed by atoms with Crippen molar-refractivity contribution in [3.05, 3.63) is 35.9 Å². The van der Waals surface area contributed by atoms with Crippen molar-refractivity contribution < 1.29 is 19.4 Å². The van der Waals surface area contributed by atoms with Crippen molar-refractivity contribution in [1.29, 1.82) is 0 Å². The molecule has 2 atom stereocenters. The van der Waals surface area contributed by atoms with Crippen LogP contribution in [-0.2, 0) is 20.9 Å². The zero-order valence-corrected chi connectivity index (χ0v) is 13.8. The minimum Gasteiger partial charge on any atom is -0.459 e. The van der Waals surface area contributed by atoms with Gasteiger partial charge in [0.1, 0.15) is 18.8 Å². The van der Waals surface area contributed by atoms with Crippen molar-refractivity contribution in [3.8, 4) is 0 Å². The lowest BCUT2D eigenvalue weighted by atomic mass is 10.0. The normalized spacial score (nSPS) is 19.0. The maximum atomic E-state index is 12.3. The summed E-state index contributed by atoms with van der Waals surface area (Å²) in [5.74, 6) is -0.533. The van der Waals surface area contributed by atoms with Crippen LogP contribution in [-0.4, -0.2) is 40.6 Å². The fraction of sp³-hybridized carbons (Fsp3) is 0.556. The van der Waals surface area contributed by atoms with Gasteiger partial charge in [-0.25, -0.2) is 4.79 Å². The number of amides is 1. The van der Waals surface area contributed by atoms with Gasteiger partial charge >= 0.3 is 5.97 Å². The van der Waals surface area contributed by atoms with Crippen LogP contribution in [0.4, 0.5) is 0 Å². The number of nitrogens with zero attached hydrogens (tertiary/aromatic N) is 1. The van der Waals surface area contributed by atoms with Crippen molar-refractivity contribution in [2.75, 3.05) is 6.54 Å². The third-order valence-electron chi connectivity index (χ3n) is 4.01. The van der Waals surface area contributed by atoms with Crippen molar-refractivity contribution in [2.45, 2.75) is 51.9 Å². The van der Waals surface area contributed by atoms with Gasteiger partial charge in [-0.05, 0) is 30.7 Å². The highest BCUT2D eigenvalue weighted by Crippen LogP contribution is 2.21. The van der Waals surface area contributed by atoms with Crippen molar-refractivity contribution >= 4 is 11.9 Å². The van der Waals surface area contributed by atoms with E-state index in [2.05, 4.69) is 0 Å². The van der Waals surface area contributed by atoms with Gasteiger partial charge < -0.3 is 14.7 Å². The first-order valence-electron chi connectivity index (χ1n) is 8.18. The van der Waals surface area contributed by atoms with Crippen LogP contribution < -0.4 is 0 Å². The van der Waals surface area contributed by atoms with Crippen molar-refractivity contribution in [3.63, 3.8) is 0 Å². The Hall–Kier alpha value is -1.88. The number of aliphatic hydroxyl groups is 1. The van der Waals surface area contributed by atoms with Gasteiger partial charge in [0, 0.05) is 6.54 Å². The van der Waals surface area contributed by atoms with E-state index >= 15 is 0 Å². The molecule has 0 saturated carbocycles. The third kappa shape index (κ3) is 4.79. The molecule has 1 fully saturated rings. The lowest BCUT2D eigenvalue weighted by Gasteiger charge is -2.26. The Labute approximate surface area is 137 Å². The van der Waals surface area contributed by atoms with E-state index in [1.54, 1.807) is 0 Å². The Morgan fingerprint density at radius 2 is 2.00 bits per heavy atom. The second-order valence-electron chi connectivity index (χ2n) is 6.43. The van der Waals surface area contributed by atoms with Crippen LogP contribution in [0.3, 0.4) is 0 Å². The van der Waals surface area contributed by atoms with E-state index in [9.17, 15) is 14.7 Å². The van der Waals surface area contributed by atoms with Gasteiger partial charge in [-0.3, -0.25) is 4.79 Å². The zero-order chi connectivity index (χ0) is 16.8. The third-order valence-corrected chi connectivity index (χ3v) is 4.01. The van der Waals surface area contributed by atoms with Crippen molar-refractivity contribution in [2.24, 2.45) is 5.92 Å². The topological polar surface area (TPSA) is 66.8 Å². The molecule has 1 saturated heterocycles. The fourth-order valence-corrected chi connectivity index (χ4v) is 2.84. The van der Waals surface area contributed by atoms with Gasteiger partial charge in [-0.2, -0.15) is 0 Å². The molecule has 0 aliphatic carbocycles. The van der Waals surface area contributed by atoms with E-state index in [0.717, 1.165) is 12.0 Å². The van der Waals surface area contributed by atoms with Gasteiger partial charge in [0.25, 0.3) is 5.91 Å². The molecule has 0 bridgehead atoms. The molecule has 1 heterocycles. The maximum Gasteiger partial charge on any atom is 0.329 e. The number of carbonyl (C=O) groups is 2. The molecule has 126 valence electrons. The number of aliphatic hydroxyl groups excluding tert-OH is 1. The summed E-state index contributed by atoms with van der Waals surface area (Å²) in [5.41, 5.74) is 0.913. The summed E-state index contributed by atoms with van der Waals surface area (Å²) in [7, 11) is 0. The molecule has 1 N–H and O–H groups in total. The Morgan fingerprint density at radius 1 is 1.30 bits per heavy atom. The summed E-state index contributed by atoms with van der Waals surface area (Å²) in [6.45, 7) is 4.60. The van der Waals surface area contributed by atoms with Crippen LogP contribution in [0.2, 0.25) is 0 Å². The summed E-state index contributed by atoms with van der Waals surface area (Å²) < 4.78 is 5.34. The summed E-state index contributed by atoms with van der Waals surface area (Å²) >= 11 is 0. The largest absolute Gasteiger partial charge is 0.459 e. The molecule has 5 nitrogen and oxygen atoms in total.